The molecule has 0 spiro atoms. The van der Waals surface area contributed by atoms with Crippen molar-refractivity contribution in [1.82, 2.24) is 20.2 Å². The Labute approximate surface area is 136 Å². The van der Waals surface area contributed by atoms with E-state index in [-0.39, 0.29) is 0 Å². The first-order valence-electron chi connectivity index (χ1n) is 6.58. The standard InChI is InChI=1S/C14H13ClN4O2S/c15-12-6-2-1-5-11(12)13(20)9-22-14-16-17-18-19(14)8-10-4-3-7-21-10/h1-7,13,20H,8-9H2. The highest BCUT2D eigenvalue weighted by Crippen LogP contribution is 2.27. The van der Waals surface area contributed by atoms with Gasteiger partial charge in [-0.25, -0.2) is 4.68 Å². The lowest BCUT2D eigenvalue weighted by atomic mass is 10.1. The average Bonchev–Trinajstić information content (AvgIpc) is 3.18. The van der Waals surface area contributed by atoms with E-state index in [2.05, 4.69) is 15.5 Å². The molecule has 0 saturated heterocycles. The molecular weight excluding hydrogens is 324 g/mol. The van der Waals surface area contributed by atoms with Gasteiger partial charge in [-0.1, -0.05) is 41.6 Å². The smallest absolute Gasteiger partial charge is 0.209 e. The summed E-state index contributed by atoms with van der Waals surface area (Å²) in [5.41, 5.74) is 0.696. The predicted octanol–water partition coefficient (Wildman–Crippen LogP) is 2.79. The largest absolute Gasteiger partial charge is 0.467 e. The highest BCUT2D eigenvalue weighted by molar-refractivity contribution is 7.99. The third-order valence-electron chi connectivity index (χ3n) is 3.02. The molecule has 2 heterocycles. The number of thioether (sulfide) groups is 1. The van der Waals surface area contributed by atoms with Crippen molar-refractivity contribution in [3.63, 3.8) is 0 Å². The predicted molar refractivity (Wildman–Crippen MR) is 82.8 cm³/mol. The van der Waals surface area contributed by atoms with E-state index < -0.39 is 6.10 Å². The number of benzene rings is 1. The van der Waals surface area contributed by atoms with Crippen LogP contribution in [0, 0.1) is 0 Å². The second-order valence-corrected chi connectivity index (χ2v) is 5.94. The van der Waals surface area contributed by atoms with Crippen molar-refractivity contribution in [3.05, 3.63) is 59.0 Å². The maximum absolute atomic E-state index is 10.2. The molecule has 0 aliphatic heterocycles. The van der Waals surface area contributed by atoms with Gasteiger partial charge in [-0.15, -0.1) is 5.10 Å². The summed E-state index contributed by atoms with van der Waals surface area (Å²) in [6.45, 7) is 0.449. The Bertz CT molecular complexity index is 732. The van der Waals surface area contributed by atoms with E-state index in [0.717, 1.165) is 5.76 Å². The van der Waals surface area contributed by atoms with E-state index in [1.165, 1.54) is 11.8 Å². The maximum Gasteiger partial charge on any atom is 0.209 e. The fourth-order valence-corrected chi connectivity index (χ4v) is 3.03. The number of aliphatic hydroxyl groups excluding tert-OH is 1. The zero-order valence-corrected chi connectivity index (χ0v) is 13.0. The van der Waals surface area contributed by atoms with Crippen molar-refractivity contribution in [2.24, 2.45) is 0 Å². The Morgan fingerprint density at radius 1 is 1.27 bits per heavy atom. The zero-order valence-electron chi connectivity index (χ0n) is 11.5. The number of hydrogen-bond donors (Lipinski definition) is 1. The summed E-state index contributed by atoms with van der Waals surface area (Å²) in [5.74, 6) is 1.17. The summed E-state index contributed by atoms with van der Waals surface area (Å²) in [6.07, 6.45) is 0.917. The zero-order chi connectivity index (χ0) is 15.4. The van der Waals surface area contributed by atoms with E-state index in [4.69, 9.17) is 16.0 Å². The lowest BCUT2D eigenvalue weighted by Gasteiger charge is -2.11. The molecule has 0 fully saturated rings. The van der Waals surface area contributed by atoms with Gasteiger partial charge in [0.1, 0.15) is 12.3 Å². The normalized spacial score (nSPS) is 12.5. The van der Waals surface area contributed by atoms with E-state index in [1.807, 2.05) is 24.3 Å². The molecule has 0 aliphatic carbocycles. The highest BCUT2D eigenvalue weighted by atomic mass is 35.5. The second kappa shape index (κ2) is 6.95. The molecule has 3 aromatic rings. The van der Waals surface area contributed by atoms with E-state index in [1.54, 1.807) is 23.1 Å². The monoisotopic (exact) mass is 336 g/mol. The maximum atomic E-state index is 10.2. The van der Waals surface area contributed by atoms with E-state index >= 15 is 0 Å². The van der Waals surface area contributed by atoms with Crippen LogP contribution in [0.25, 0.3) is 0 Å². The van der Waals surface area contributed by atoms with Gasteiger partial charge in [0.05, 0.1) is 12.4 Å². The number of halogens is 1. The third-order valence-corrected chi connectivity index (χ3v) is 4.40. The van der Waals surface area contributed by atoms with Gasteiger partial charge in [-0.05, 0) is 34.2 Å². The van der Waals surface area contributed by atoms with Crippen LogP contribution in [0.4, 0.5) is 0 Å². The number of aromatic nitrogens is 4. The number of furan rings is 1. The van der Waals surface area contributed by atoms with Crippen molar-refractivity contribution >= 4 is 23.4 Å². The van der Waals surface area contributed by atoms with Crippen LogP contribution in [-0.4, -0.2) is 31.1 Å². The molecule has 1 unspecified atom stereocenters. The molecule has 0 radical (unpaired) electrons. The Hall–Kier alpha value is -1.83. The van der Waals surface area contributed by atoms with Gasteiger partial charge >= 0.3 is 0 Å². The van der Waals surface area contributed by atoms with E-state index in [0.29, 0.717) is 28.0 Å². The van der Waals surface area contributed by atoms with Gasteiger partial charge in [0.2, 0.25) is 5.16 Å². The fraction of sp³-hybridized carbons (Fsp3) is 0.214. The van der Waals surface area contributed by atoms with Crippen LogP contribution in [0.2, 0.25) is 5.02 Å². The molecule has 6 nitrogen and oxygen atoms in total. The summed E-state index contributed by atoms with van der Waals surface area (Å²) >= 11 is 7.44. The molecule has 114 valence electrons. The minimum Gasteiger partial charge on any atom is -0.467 e. The number of rotatable bonds is 6. The van der Waals surface area contributed by atoms with Crippen LogP contribution < -0.4 is 0 Å². The Balaban J connectivity index is 1.65. The van der Waals surface area contributed by atoms with Crippen LogP contribution in [0.5, 0.6) is 0 Å². The van der Waals surface area contributed by atoms with Gasteiger partial charge in [0, 0.05) is 10.8 Å². The lowest BCUT2D eigenvalue weighted by molar-refractivity contribution is 0.204. The summed E-state index contributed by atoms with van der Waals surface area (Å²) in [5, 5.41) is 23.0. The molecule has 1 N–H and O–H groups in total. The highest BCUT2D eigenvalue weighted by Gasteiger charge is 2.15. The molecule has 0 amide bonds. The van der Waals surface area contributed by atoms with Crippen molar-refractivity contribution in [3.8, 4) is 0 Å². The topological polar surface area (TPSA) is 77.0 Å². The minimum absolute atomic E-state index is 0.405. The van der Waals surface area contributed by atoms with Crippen LogP contribution in [-0.2, 0) is 6.54 Å². The fourth-order valence-electron chi connectivity index (χ4n) is 1.94. The van der Waals surface area contributed by atoms with Crippen molar-refractivity contribution in [1.29, 1.82) is 0 Å². The van der Waals surface area contributed by atoms with Crippen LogP contribution >= 0.6 is 23.4 Å². The van der Waals surface area contributed by atoms with Crippen LogP contribution in [0.3, 0.4) is 0 Å². The first-order valence-corrected chi connectivity index (χ1v) is 7.94. The molecule has 1 aromatic carbocycles. The Kier molecular flexibility index (Phi) is 4.77. The van der Waals surface area contributed by atoms with Crippen LogP contribution in [0.1, 0.15) is 17.4 Å². The molecule has 3 rings (SSSR count). The SMILES string of the molecule is OC(CSc1nnnn1Cc1ccco1)c1ccccc1Cl. The second-order valence-electron chi connectivity index (χ2n) is 4.55. The third kappa shape index (κ3) is 3.49. The van der Waals surface area contributed by atoms with Crippen molar-refractivity contribution < 1.29 is 9.52 Å². The summed E-state index contributed by atoms with van der Waals surface area (Å²) in [4.78, 5) is 0. The first-order chi connectivity index (χ1) is 10.7. The van der Waals surface area contributed by atoms with Gasteiger partial charge in [0.25, 0.3) is 0 Å². The molecule has 2 aromatic heterocycles. The molecule has 0 aliphatic rings. The molecular formula is C14H13ClN4O2S. The number of hydrogen-bond acceptors (Lipinski definition) is 6. The van der Waals surface area contributed by atoms with Crippen molar-refractivity contribution in [2.45, 2.75) is 17.8 Å². The lowest BCUT2D eigenvalue weighted by Crippen LogP contribution is -2.06. The quantitative estimate of drug-likeness (QED) is 0.697. The van der Waals surface area contributed by atoms with Gasteiger partial charge < -0.3 is 9.52 Å². The minimum atomic E-state index is -0.688. The first kappa shape index (κ1) is 15.1. The number of tetrazole rings is 1. The van der Waals surface area contributed by atoms with E-state index in [9.17, 15) is 5.11 Å². The molecule has 0 saturated carbocycles. The molecule has 0 bridgehead atoms. The Morgan fingerprint density at radius 2 is 2.14 bits per heavy atom. The van der Waals surface area contributed by atoms with Gasteiger partial charge in [-0.2, -0.15) is 0 Å². The van der Waals surface area contributed by atoms with Gasteiger partial charge in [0.15, 0.2) is 0 Å². The van der Waals surface area contributed by atoms with Crippen molar-refractivity contribution in [2.75, 3.05) is 5.75 Å². The molecule has 22 heavy (non-hydrogen) atoms. The van der Waals surface area contributed by atoms with Crippen LogP contribution in [0.15, 0.2) is 52.2 Å². The molecule has 8 heteroatoms. The summed E-state index contributed by atoms with van der Waals surface area (Å²) in [6, 6.07) is 10.9. The average molecular weight is 337 g/mol. The summed E-state index contributed by atoms with van der Waals surface area (Å²) in [7, 11) is 0. The number of aliphatic hydroxyl groups is 1. The number of nitrogens with zero attached hydrogens (tertiary/aromatic N) is 4. The Morgan fingerprint density at radius 3 is 2.91 bits per heavy atom. The van der Waals surface area contributed by atoms with Gasteiger partial charge in [-0.3, -0.25) is 0 Å². The summed E-state index contributed by atoms with van der Waals surface area (Å²) < 4.78 is 6.91. The molecule has 1 atom stereocenters.